The predicted molar refractivity (Wildman–Crippen MR) is 68.8 cm³/mol. The van der Waals surface area contributed by atoms with Gasteiger partial charge in [-0.05, 0) is 18.6 Å². The largest absolute Gasteiger partial charge is 0.481 e. The summed E-state index contributed by atoms with van der Waals surface area (Å²) in [5, 5.41) is 8.79. The van der Waals surface area contributed by atoms with E-state index in [1.807, 2.05) is 0 Å². The fraction of sp³-hybridized carbons (Fsp3) is 0.333. The molecule has 0 aliphatic carbocycles. The van der Waals surface area contributed by atoms with Gasteiger partial charge in [0.1, 0.15) is 5.82 Å². The molecule has 0 atom stereocenters. The van der Waals surface area contributed by atoms with Crippen molar-refractivity contribution in [1.29, 1.82) is 0 Å². The minimum absolute atomic E-state index is 0.146. The minimum atomic E-state index is -2.61. The monoisotopic (exact) mass is 304 g/mol. The van der Waals surface area contributed by atoms with Crippen LogP contribution in [0.4, 0.5) is 13.2 Å². The second-order valence-corrected chi connectivity index (χ2v) is 5.11. The van der Waals surface area contributed by atoms with Crippen molar-refractivity contribution in [3.05, 3.63) is 23.5 Å². The number of halogens is 3. The number of benzene rings is 1. The SMILES string of the molecule is Cc1cc2c(cc1F)nc(SCC(=O)O)n2CC(F)F. The molecule has 0 radical (unpaired) electrons. The molecular weight excluding hydrogens is 293 g/mol. The molecule has 2 rings (SSSR count). The first-order chi connectivity index (χ1) is 9.38. The van der Waals surface area contributed by atoms with Crippen LogP contribution in [0.5, 0.6) is 0 Å². The van der Waals surface area contributed by atoms with Gasteiger partial charge in [-0.15, -0.1) is 0 Å². The van der Waals surface area contributed by atoms with Crippen molar-refractivity contribution >= 4 is 28.8 Å². The Bertz CT molecular complexity index is 658. The molecular formula is C12H11F3N2O2S. The Morgan fingerprint density at radius 2 is 2.20 bits per heavy atom. The van der Waals surface area contributed by atoms with E-state index in [1.165, 1.54) is 17.6 Å². The highest BCUT2D eigenvalue weighted by atomic mass is 32.2. The number of aromatic nitrogens is 2. The summed E-state index contributed by atoms with van der Waals surface area (Å²) in [4.78, 5) is 14.6. The summed E-state index contributed by atoms with van der Waals surface area (Å²) in [6.07, 6.45) is -2.61. The summed E-state index contributed by atoms with van der Waals surface area (Å²) < 4.78 is 40.0. The number of aliphatic carboxylic acids is 1. The third-order valence-electron chi connectivity index (χ3n) is 2.64. The number of carboxylic acids is 1. The van der Waals surface area contributed by atoms with Crippen LogP contribution in [0.2, 0.25) is 0 Å². The Hall–Kier alpha value is -1.70. The maximum atomic E-state index is 13.5. The third-order valence-corrected chi connectivity index (χ3v) is 3.60. The maximum Gasteiger partial charge on any atom is 0.313 e. The van der Waals surface area contributed by atoms with Gasteiger partial charge in [-0.1, -0.05) is 11.8 Å². The summed E-state index contributed by atoms with van der Waals surface area (Å²) in [5.41, 5.74) is 0.932. The number of aryl methyl sites for hydroxylation is 1. The van der Waals surface area contributed by atoms with E-state index in [-0.39, 0.29) is 16.4 Å². The van der Waals surface area contributed by atoms with Crippen LogP contribution in [0.15, 0.2) is 17.3 Å². The molecule has 108 valence electrons. The zero-order chi connectivity index (χ0) is 14.9. The molecule has 0 aliphatic rings. The van der Waals surface area contributed by atoms with E-state index in [4.69, 9.17) is 5.11 Å². The first kappa shape index (κ1) is 14.7. The van der Waals surface area contributed by atoms with E-state index < -0.39 is 24.8 Å². The number of imidazole rings is 1. The van der Waals surface area contributed by atoms with Crippen molar-refractivity contribution in [3.8, 4) is 0 Å². The smallest absolute Gasteiger partial charge is 0.313 e. The molecule has 0 saturated heterocycles. The molecule has 1 heterocycles. The normalized spacial score (nSPS) is 11.4. The van der Waals surface area contributed by atoms with E-state index in [9.17, 15) is 18.0 Å². The standard InChI is InChI=1S/C12H11F3N2O2S/c1-6-2-9-8(3-7(6)13)16-12(20-5-11(18)19)17(9)4-10(14)15/h2-3,10H,4-5H2,1H3,(H,18,19). The molecule has 1 aromatic carbocycles. The summed E-state index contributed by atoms with van der Waals surface area (Å²) >= 11 is 0.831. The first-order valence-corrected chi connectivity index (χ1v) is 6.66. The topological polar surface area (TPSA) is 55.1 Å². The van der Waals surface area contributed by atoms with E-state index in [0.29, 0.717) is 11.1 Å². The fourth-order valence-electron chi connectivity index (χ4n) is 1.78. The van der Waals surface area contributed by atoms with Gasteiger partial charge in [-0.2, -0.15) is 0 Å². The van der Waals surface area contributed by atoms with Gasteiger partial charge in [0.15, 0.2) is 5.16 Å². The molecule has 8 heteroatoms. The highest BCUT2D eigenvalue weighted by molar-refractivity contribution is 7.99. The van der Waals surface area contributed by atoms with Gasteiger partial charge in [0.25, 0.3) is 6.43 Å². The van der Waals surface area contributed by atoms with E-state index in [2.05, 4.69) is 4.98 Å². The number of nitrogens with zero attached hydrogens (tertiary/aromatic N) is 2. The lowest BCUT2D eigenvalue weighted by Gasteiger charge is -2.07. The second-order valence-electron chi connectivity index (χ2n) is 4.17. The number of hydrogen-bond donors (Lipinski definition) is 1. The van der Waals surface area contributed by atoms with Gasteiger partial charge in [0.2, 0.25) is 0 Å². The average Bonchev–Trinajstić information content (AvgIpc) is 2.65. The first-order valence-electron chi connectivity index (χ1n) is 5.67. The van der Waals surface area contributed by atoms with Gasteiger partial charge in [0.05, 0.1) is 23.3 Å². The van der Waals surface area contributed by atoms with E-state index in [0.717, 1.165) is 17.8 Å². The summed E-state index contributed by atoms with van der Waals surface area (Å²) in [6, 6.07) is 2.60. The number of carbonyl (C=O) groups is 1. The molecule has 0 fully saturated rings. The van der Waals surface area contributed by atoms with Crippen LogP contribution in [0.3, 0.4) is 0 Å². The molecule has 20 heavy (non-hydrogen) atoms. The Labute approximate surface area is 116 Å². The quantitative estimate of drug-likeness (QED) is 0.863. The van der Waals surface area contributed by atoms with Gasteiger partial charge in [-0.3, -0.25) is 4.79 Å². The van der Waals surface area contributed by atoms with Crippen molar-refractivity contribution < 1.29 is 23.1 Å². The minimum Gasteiger partial charge on any atom is -0.481 e. The number of hydrogen-bond acceptors (Lipinski definition) is 3. The molecule has 0 spiro atoms. The lowest BCUT2D eigenvalue weighted by molar-refractivity contribution is -0.133. The zero-order valence-corrected chi connectivity index (χ0v) is 11.3. The molecule has 0 amide bonds. The highest BCUT2D eigenvalue weighted by Crippen LogP contribution is 2.27. The summed E-state index contributed by atoms with van der Waals surface area (Å²) in [6.45, 7) is 0.919. The van der Waals surface area contributed by atoms with E-state index >= 15 is 0 Å². The maximum absolute atomic E-state index is 13.5. The predicted octanol–water partition coefficient (Wildman–Crippen LogP) is 2.93. The van der Waals surface area contributed by atoms with Crippen LogP contribution in [0.25, 0.3) is 11.0 Å². The zero-order valence-electron chi connectivity index (χ0n) is 10.4. The summed E-state index contributed by atoms with van der Waals surface area (Å²) in [7, 11) is 0. The van der Waals surface area contributed by atoms with Crippen molar-refractivity contribution in [2.24, 2.45) is 0 Å². The third kappa shape index (κ3) is 3.06. The molecule has 0 unspecified atom stereocenters. The van der Waals surface area contributed by atoms with E-state index in [1.54, 1.807) is 0 Å². The fourth-order valence-corrected chi connectivity index (χ4v) is 2.52. The Morgan fingerprint density at radius 3 is 2.80 bits per heavy atom. The van der Waals surface area contributed by atoms with Crippen LogP contribution in [0, 0.1) is 12.7 Å². The molecule has 0 bridgehead atoms. The number of fused-ring (bicyclic) bond motifs is 1. The van der Waals surface area contributed by atoms with Crippen LogP contribution in [-0.2, 0) is 11.3 Å². The Kier molecular flexibility index (Phi) is 4.22. The molecule has 4 nitrogen and oxygen atoms in total. The average molecular weight is 304 g/mol. The molecule has 1 aromatic heterocycles. The van der Waals surface area contributed by atoms with Crippen molar-refractivity contribution in [1.82, 2.24) is 9.55 Å². The van der Waals surface area contributed by atoms with Gasteiger partial charge < -0.3 is 9.67 Å². The molecule has 2 aromatic rings. The lowest BCUT2D eigenvalue weighted by atomic mass is 10.2. The van der Waals surface area contributed by atoms with Gasteiger partial charge in [-0.25, -0.2) is 18.2 Å². The van der Waals surface area contributed by atoms with Crippen LogP contribution < -0.4 is 0 Å². The van der Waals surface area contributed by atoms with Crippen LogP contribution >= 0.6 is 11.8 Å². The van der Waals surface area contributed by atoms with Crippen molar-refractivity contribution in [3.63, 3.8) is 0 Å². The van der Waals surface area contributed by atoms with Gasteiger partial charge in [0, 0.05) is 6.07 Å². The van der Waals surface area contributed by atoms with Crippen LogP contribution in [-0.4, -0.2) is 32.8 Å². The molecule has 1 N–H and O–H groups in total. The summed E-state index contributed by atoms with van der Waals surface area (Å²) in [5.74, 6) is -1.85. The number of alkyl halides is 2. The second kappa shape index (κ2) is 5.74. The van der Waals surface area contributed by atoms with Crippen molar-refractivity contribution in [2.75, 3.05) is 5.75 Å². The van der Waals surface area contributed by atoms with Crippen molar-refractivity contribution in [2.45, 2.75) is 25.1 Å². The van der Waals surface area contributed by atoms with Crippen LogP contribution in [0.1, 0.15) is 5.56 Å². The Balaban J connectivity index is 2.51. The lowest BCUT2D eigenvalue weighted by Crippen LogP contribution is -2.09. The van der Waals surface area contributed by atoms with Gasteiger partial charge >= 0.3 is 5.97 Å². The molecule has 0 aliphatic heterocycles. The number of thioether (sulfide) groups is 1. The highest BCUT2D eigenvalue weighted by Gasteiger charge is 2.17. The Morgan fingerprint density at radius 1 is 1.50 bits per heavy atom. The number of rotatable bonds is 5. The molecule has 0 saturated carbocycles. The number of carboxylic acid groups (broad SMARTS) is 1.